The van der Waals surface area contributed by atoms with Crippen molar-refractivity contribution in [1.29, 1.82) is 0 Å². The number of carboxylic acids is 4. The number of hydrogen-bond donors (Lipinski definition) is 12. The highest BCUT2D eigenvalue weighted by atomic mass is 16.4. The van der Waals surface area contributed by atoms with Crippen molar-refractivity contribution in [3.8, 4) is 11.5 Å². The lowest BCUT2D eigenvalue weighted by Gasteiger charge is -2.25. The van der Waals surface area contributed by atoms with Crippen molar-refractivity contribution < 1.29 is 69.6 Å². The number of carbonyl (C=O) groups is 6. The Morgan fingerprint density at radius 3 is 1.06 bits per heavy atom. The SMILES string of the molecule is O=C(O)CCC(=O)O.O=C(O)CCC(=O)O.O=C1c2c(O)ccc(O)c2C(=O)c2c(NCCNCCO)ccc(NCCNCCO)c21. The van der Waals surface area contributed by atoms with Gasteiger partial charge < -0.3 is 62.1 Å². The van der Waals surface area contributed by atoms with Gasteiger partial charge >= 0.3 is 23.9 Å². The standard InChI is InChI=1S/C22H28N4O6.2C4H6O4/c27-11-9-23-5-7-25-13-1-2-14(26-8-6-24-10-12-28)18-17(13)21(31)19-15(29)3-4-16(30)20(19)22(18)32;2*5-3(6)1-2-4(7)8/h1-4,23-30H,5-12H2;2*1-2H2,(H,5,6)(H,7,8). The first kappa shape index (κ1) is 40.7. The molecule has 18 nitrogen and oxygen atoms in total. The fraction of sp³-hybridized carbons (Fsp3) is 0.400. The van der Waals surface area contributed by atoms with E-state index in [0.717, 1.165) is 0 Å². The Balaban J connectivity index is 0.000000594. The number of benzene rings is 2. The lowest BCUT2D eigenvalue weighted by molar-refractivity contribution is -0.143. The summed E-state index contributed by atoms with van der Waals surface area (Å²) >= 11 is 0. The van der Waals surface area contributed by atoms with Gasteiger partial charge in [0.25, 0.3) is 0 Å². The first-order valence-corrected chi connectivity index (χ1v) is 14.6. The number of nitrogens with one attached hydrogen (secondary N) is 4. The van der Waals surface area contributed by atoms with Crippen LogP contribution in [-0.2, 0) is 19.2 Å². The number of carbonyl (C=O) groups excluding carboxylic acids is 2. The molecule has 0 atom stereocenters. The molecule has 0 radical (unpaired) electrons. The van der Waals surface area contributed by atoms with Crippen LogP contribution in [0.15, 0.2) is 24.3 Å². The molecule has 3 rings (SSSR count). The molecule has 0 unspecified atom stereocenters. The summed E-state index contributed by atoms with van der Waals surface area (Å²) in [4.78, 5) is 65.3. The summed E-state index contributed by atoms with van der Waals surface area (Å²) in [5, 5.41) is 82.2. The van der Waals surface area contributed by atoms with Crippen LogP contribution in [0.3, 0.4) is 0 Å². The summed E-state index contributed by atoms with van der Waals surface area (Å²) in [6.45, 7) is 2.81. The average Bonchev–Trinajstić information content (AvgIpc) is 3.03. The van der Waals surface area contributed by atoms with Crippen LogP contribution >= 0.6 is 0 Å². The van der Waals surface area contributed by atoms with E-state index in [0.29, 0.717) is 50.6 Å². The number of aliphatic carboxylic acids is 4. The van der Waals surface area contributed by atoms with Gasteiger partial charge in [0.1, 0.15) is 11.5 Å². The summed E-state index contributed by atoms with van der Waals surface area (Å²) in [6.07, 6.45) is -1.19. The summed E-state index contributed by atoms with van der Waals surface area (Å²) in [5.74, 6) is -6.17. The quantitative estimate of drug-likeness (QED) is 0.0607. The highest BCUT2D eigenvalue weighted by Crippen LogP contribution is 2.42. The second-order valence-corrected chi connectivity index (χ2v) is 9.80. The number of fused-ring (bicyclic) bond motifs is 2. The molecule has 0 amide bonds. The van der Waals surface area contributed by atoms with Crippen LogP contribution in [0.4, 0.5) is 11.4 Å². The highest BCUT2D eigenvalue weighted by Gasteiger charge is 2.37. The third-order valence-corrected chi connectivity index (χ3v) is 6.19. The Morgan fingerprint density at radius 2 is 0.792 bits per heavy atom. The molecule has 0 aliphatic heterocycles. The number of aliphatic hydroxyl groups excluding tert-OH is 2. The van der Waals surface area contributed by atoms with E-state index >= 15 is 0 Å². The molecule has 0 heterocycles. The van der Waals surface area contributed by atoms with Crippen molar-refractivity contribution >= 4 is 46.8 Å². The van der Waals surface area contributed by atoms with Gasteiger partial charge in [-0.05, 0) is 24.3 Å². The molecule has 48 heavy (non-hydrogen) atoms. The van der Waals surface area contributed by atoms with Gasteiger partial charge in [0.05, 0.1) is 61.2 Å². The summed E-state index contributed by atoms with van der Waals surface area (Å²) < 4.78 is 0. The Morgan fingerprint density at radius 1 is 0.479 bits per heavy atom. The smallest absolute Gasteiger partial charge is 0.303 e. The predicted octanol–water partition coefficient (Wildman–Crippen LogP) is -0.268. The lowest BCUT2D eigenvalue weighted by Crippen LogP contribution is -2.28. The van der Waals surface area contributed by atoms with Crippen LogP contribution in [0.5, 0.6) is 11.5 Å². The minimum Gasteiger partial charge on any atom is -0.507 e. The maximum atomic E-state index is 13.4. The molecular weight excluding hydrogens is 640 g/mol. The zero-order valence-electron chi connectivity index (χ0n) is 25.8. The molecular formula is C30H40N4O14. The number of hydrogen-bond acceptors (Lipinski definition) is 14. The summed E-state index contributed by atoms with van der Waals surface area (Å²) in [7, 11) is 0. The van der Waals surface area contributed by atoms with Crippen molar-refractivity contribution in [1.82, 2.24) is 10.6 Å². The monoisotopic (exact) mass is 680 g/mol. The molecule has 2 aromatic rings. The van der Waals surface area contributed by atoms with Gasteiger partial charge in [-0.2, -0.15) is 0 Å². The van der Waals surface area contributed by atoms with E-state index in [4.69, 9.17) is 30.6 Å². The van der Waals surface area contributed by atoms with Gasteiger partial charge in [-0.15, -0.1) is 0 Å². The van der Waals surface area contributed by atoms with E-state index < -0.39 is 35.4 Å². The van der Waals surface area contributed by atoms with Crippen LogP contribution in [-0.4, -0.2) is 129 Å². The van der Waals surface area contributed by atoms with E-state index in [9.17, 15) is 39.0 Å². The van der Waals surface area contributed by atoms with Crippen molar-refractivity contribution in [2.75, 3.05) is 63.1 Å². The number of aliphatic hydroxyl groups is 2. The third kappa shape index (κ3) is 13.6. The molecule has 0 saturated carbocycles. The van der Waals surface area contributed by atoms with Gasteiger partial charge in [0, 0.05) is 50.6 Å². The van der Waals surface area contributed by atoms with E-state index in [1.54, 1.807) is 12.1 Å². The molecule has 1 aliphatic carbocycles. The molecule has 18 heteroatoms. The van der Waals surface area contributed by atoms with Gasteiger partial charge in [-0.3, -0.25) is 28.8 Å². The van der Waals surface area contributed by atoms with E-state index in [2.05, 4.69) is 21.3 Å². The van der Waals surface area contributed by atoms with Gasteiger partial charge in [0.2, 0.25) is 11.6 Å². The maximum Gasteiger partial charge on any atom is 0.303 e. The number of rotatable bonds is 18. The van der Waals surface area contributed by atoms with E-state index in [1.165, 1.54) is 12.1 Å². The van der Waals surface area contributed by atoms with Crippen LogP contribution in [0.2, 0.25) is 0 Å². The second-order valence-electron chi connectivity index (χ2n) is 9.80. The minimum absolute atomic E-state index is 0.00939. The molecule has 264 valence electrons. The van der Waals surface area contributed by atoms with Crippen LogP contribution in [0.1, 0.15) is 57.5 Å². The number of ketones is 2. The number of anilines is 2. The van der Waals surface area contributed by atoms with E-state index in [-0.39, 0.29) is 72.6 Å². The zero-order valence-corrected chi connectivity index (χ0v) is 25.8. The molecule has 1 aliphatic rings. The largest absolute Gasteiger partial charge is 0.507 e. The molecule has 0 aromatic heterocycles. The van der Waals surface area contributed by atoms with Crippen molar-refractivity contribution in [3.05, 3.63) is 46.5 Å². The average molecular weight is 681 g/mol. The predicted molar refractivity (Wildman–Crippen MR) is 169 cm³/mol. The number of aromatic hydroxyl groups is 2. The maximum absolute atomic E-state index is 13.4. The van der Waals surface area contributed by atoms with Gasteiger partial charge in [-0.1, -0.05) is 0 Å². The lowest BCUT2D eigenvalue weighted by atomic mass is 9.81. The normalized spacial score (nSPS) is 11.1. The molecule has 12 N–H and O–H groups in total. The number of carboxylic acid groups (broad SMARTS) is 4. The number of phenolic OH excluding ortho intramolecular Hbond substituents is 2. The Labute approximate surface area is 274 Å². The van der Waals surface area contributed by atoms with Gasteiger partial charge in [-0.25, -0.2) is 0 Å². The molecule has 0 fully saturated rings. The molecule has 0 bridgehead atoms. The third-order valence-electron chi connectivity index (χ3n) is 6.19. The van der Waals surface area contributed by atoms with Gasteiger partial charge in [0.15, 0.2) is 0 Å². The second kappa shape index (κ2) is 21.5. The Kier molecular flexibility index (Phi) is 18.2. The molecule has 0 spiro atoms. The summed E-state index contributed by atoms with van der Waals surface area (Å²) in [5.41, 5.74) is 0.678. The number of phenols is 2. The van der Waals surface area contributed by atoms with E-state index in [1.807, 2.05) is 0 Å². The van der Waals surface area contributed by atoms with Crippen LogP contribution < -0.4 is 21.3 Å². The Hall–Kier alpha value is -5.30. The fourth-order valence-electron chi connectivity index (χ4n) is 4.07. The molecule has 2 aromatic carbocycles. The van der Waals surface area contributed by atoms with Crippen molar-refractivity contribution in [3.63, 3.8) is 0 Å². The van der Waals surface area contributed by atoms with Crippen molar-refractivity contribution in [2.24, 2.45) is 0 Å². The topological polar surface area (TPSA) is 312 Å². The molecule has 0 saturated heterocycles. The summed E-state index contributed by atoms with van der Waals surface area (Å²) in [6, 6.07) is 5.74. The highest BCUT2D eigenvalue weighted by molar-refractivity contribution is 6.33. The first-order chi connectivity index (χ1) is 22.8. The van der Waals surface area contributed by atoms with Crippen LogP contribution in [0, 0.1) is 0 Å². The zero-order chi connectivity index (χ0) is 36.2. The van der Waals surface area contributed by atoms with Crippen LogP contribution in [0.25, 0.3) is 0 Å². The van der Waals surface area contributed by atoms with Crippen molar-refractivity contribution in [2.45, 2.75) is 25.7 Å². The Bertz CT molecular complexity index is 1310. The fourth-order valence-corrected chi connectivity index (χ4v) is 4.07. The minimum atomic E-state index is -1.08. The first-order valence-electron chi connectivity index (χ1n) is 14.6.